The molecule has 6 nitrogen and oxygen atoms in total. The van der Waals surface area contributed by atoms with Crippen LogP contribution in [0.3, 0.4) is 0 Å². The van der Waals surface area contributed by atoms with Crippen molar-refractivity contribution in [1.82, 2.24) is 4.31 Å². The van der Waals surface area contributed by atoms with Gasteiger partial charge >= 0.3 is 0 Å². The van der Waals surface area contributed by atoms with Gasteiger partial charge in [-0.1, -0.05) is 0 Å². The molecule has 18 heavy (non-hydrogen) atoms. The zero-order chi connectivity index (χ0) is 13.2. The molecule has 2 aliphatic rings. The summed E-state index contributed by atoms with van der Waals surface area (Å²) in [7, 11) is -3.33. The van der Waals surface area contributed by atoms with Gasteiger partial charge in [-0.05, 0) is 19.8 Å². The van der Waals surface area contributed by atoms with Gasteiger partial charge in [-0.3, -0.25) is 0 Å². The number of morpholine rings is 1. The van der Waals surface area contributed by atoms with E-state index >= 15 is 0 Å². The Kier molecular flexibility index (Phi) is 4.60. The van der Waals surface area contributed by atoms with Crippen molar-refractivity contribution in [3.8, 4) is 0 Å². The first-order valence-electron chi connectivity index (χ1n) is 6.37. The molecule has 2 saturated heterocycles. The van der Waals surface area contributed by atoms with Crippen molar-refractivity contribution >= 4 is 10.0 Å². The average Bonchev–Trinajstić information content (AvgIpc) is 2.80. The van der Waals surface area contributed by atoms with E-state index < -0.39 is 16.1 Å². The van der Waals surface area contributed by atoms with E-state index in [2.05, 4.69) is 0 Å². The molecule has 0 bridgehead atoms. The van der Waals surface area contributed by atoms with Crippen LogP contribution >= 0.6 is 0 Å². The summed E-state index contributed by atoms with van der Waals surface area (Å²) in [5, 5.41) is 9.11. The van der Waals surface area contributed by atoms with Crippen molar-refractivity contribution in [2.75, 3.05) is 32.1 Å². The van der Waals surface area contributed by atoms with Gasteiger partial charge in [0.2, 0.25) is 10.0 Å². The first kappa shape index (κ1) is 14.2. The minimum Gasteiger partial charge on any atom is -0.394 e. The molecule has 0 aromatic heterocycles. The van der Waals surface area contributed by atoms with E-state index in [1.165, 1.54) is 4.31 Å². The van der Waals surface area contributed by atoms with Crippen molar-refractivity contribution in [3.63, 3.8) is 0 Å². The summed E-state index contributed by atoms with van der Waals surface area (Å²) >= 11 is 0. The number of nitrogens with zero attached hydrogens (tertiary/aromatic N) is 1. The lowest BCUT2D eigenvalue weighted by Crippen LogP contribution is -2.51. The van der Waals surface area contributed by atoms with Crippen LogP contribution in [0.5, 0.6) is 0 Å². The van der Waals surface area contributed by atoms with E-state index in [0.29, 0.717) is 13.2 Å². The lowest BCUT2D eigenvalue weighted by Gasteiger charge is -2.35. The summed E-state index contributed by atoms with van der Waals surface area (Å²) in [6, 6.07) is 0. The first-order valence-corrected chi connectivity index (χ1v) is 7.98. The minimum atomic E-state index is -3.33. The molecular weight excluding hydrogens is 258 g/mol. The Bertz CT molecular complexity index is 366. The Balaban J connectivity index is 1.99. The van der Waals surface area contributed by atoms with Crippen LogP contribution in [-0.2, 0) is 19.5 Å². The highest BCUT2D eigenvalue weighted by Gasteiger charge is 2.34. The highest BCUT2D eigenvalue weighted by Crippen LogP contribution is 2.19. The average molecular weight is 279 g/mol. The van der Waals surface area contributed by atoms with Gasteiger partial charge in [-0.25, -0.2) is 8.42 Å². The predicted octanol–water partition coefficient (Wildman–Crippen LogP) is -0.423. The molecule has 2 heterocycles. The lowest BCUT2D eigenvalue weighted by atomic mass is 10.2. The van der Waals surface area contributed by atoms with Crippen LogP contribution in [0.25, 0.3) is 0 Å². The molecule has 106 valence electrons. The Morgan fingerprint density at radius 2 is 2.11 bits per heavy atom. The molecule has 1 N–H and O–H groups in total. The van der Waals surface area contributed by atoms with Crippen molar-refractivity contribution < 1.29 is 23.0 Å². The van der Waals surface area contributed by atoms with E-state index in [1.807, 2.05) is 6.92 Å². The van der Waals surface area contributed by atoms with Crippen LogP contribution < -0.4 is 0 Å². The zero-order valence-electron chi connectivity index (χ0n) is 10.6. The fourth-order valence-corrected chi connectivity index (χ4v) is 4.22. The summed E-state index contributed by atoms with van der Waals surface area (Å²) in [5.41, 5.74) is 0. The predicted molar refractivity (Wildman–Crippen MR) is 65.8 cm³/mol. The molecule has 0 radical (unpaired) electrons. The van der Waals surface area contributed by atoms with E-state index in [0.717, 1.165) is 12.8 Å². The molecule has 0 aliphatic carbocycles. The van der Waals surface area contributed by atoms with Crippen LogP contribution in [0.4, 0.5) is 0 Å². The van der Waals surface area contributed by atoms with E-state index in [-0.39, 0.29) is 31.1 Å². The topological polar surface area (TPSA) is 76.1 Å². The highest BCUT2D eigenvalue weighted by molar-refractivity contribution is 7.89. The number of sulfonamides is 1. The number of rotatable bonds is 4. The van der Waals surface area contributed by atoms with Crippen LogP contribution in [0.2, 0.25) is 0 Å². The maximum absolute atomic E-state index is 12.3. The highest BCUT2D eigenvalue weighted by atomic mass is 32.2. The Morgan fingerprint density at radius 3 is 2.72 bits per heavy atom. The molecule has 2 aliphatic heterocycles. The molecule has 0 amide bonds. The number of hydrogen-bond donors (Lipinski definition) is 1. The summed E-state index contributed by atoms with van der Waals surface area (Å²) < 4.78 is 36.8. The molecule has 2 fully saturated rings. The maximum Gasteiger partial charge on any atom is 0.216 e. The van der Waals surface area contributed by atoms with Gasteiger partial charge in [0.25, 0.3) is 0 Å². The number of ether oxygens (including phenoxy) is 2. The Morgan fingerprint density at radius 1 is 1.33 bits per heavy atom. The zero-order valence-corrected chi connectivity index (χ0v) is 11.4. The van der Waals surface area contributed by atoms with Crippen LogP contribution in [-0.4, -0.2) is 68.2 Å². The smallest absolute Gasteiger partial charge is 0.216 e. The molecule has 3 atom stereocenters. The normalized spacial score (nSPS) is 34.9. The standard InChI is InChI=1S/C11H21NO5S/c1-9-5-12(6-11(7-13)17-9)18(14,15)8-10-3-2-4-16-10/h9-11,13H,2-8H2,1H3. The second-order valence-electron chi connectivity index (χ2n) is 4.98. The molecule has 0 aromatic carbocycles. The fraction of sp³-hybridized carbons (Fsp3) is 1.00. The van der Waals surface area contributed by atoms with E-state index in [4.69, 9.17) is 14.6 Å². The third kappa shape index (κ3) is 3.42. The van der Waals surface area contributed by atoms with Gasteiger partial charge in [0.1, 0.15) is 0 Å². The molecule has 0 aromatic rings. The summed E-state index contributed by atoms with van der Waals surface area (Å²) in [5.74, 6) is 0.0396. The van der Waals surface area contributed by atoms with Gasteiger partial charge in [-0.2, -0.15) is 4.31 Å². The molecule has 2 rings (SSSR count). The Labute approximate surface area is 108 Å². The van der Waals surface area contributed by atoms with Gasteiger partial charge < -0.3 is 14.6 Å². The van der Waals surface area contributed by atoms with Crippen molar-refractivity contribution in [2.45, 2.75) is 38.1 Å². The lowest BCUT2D eigenvalue weighted by molar-refractivity contribution is -0.0752. The van der Waals surface area contributed by atoms with Gasteiger partial charge in [0, 0.05) is 19.7 Å². The van der Waals surface area contributed by atoms with Crippen molar-refractivity contribution in [1.29, 1.82) is 0 Å². The van der Waals surface area contributed by atoms with Gasteiger partial charge in [0.15, 0.2) is 0 Å². The maximum atomic E-state index is 12.3. The molecule has 0 saturated carbocycles. The van der Waals surface area contributed by atoms with E-state index in [9.17, 15) is 8.42 Å². The molecule has 0 spiro atoms. The SMILES string of the molecule is CC1CN(S(=O)(=O)CC2CCCO2)CC(CO)O1. The molecule has 3 unspecified atom stereocenters. The largest absolute Gasteiger partial charge is 0.394 e. The second kappa shape index (κ2) is 5.83. The quantitative estimate of drug-likeness (QED) is 0.756. The fourth-order valence-electron chi connectivity index (χ4n) is 2.45. The first-order chi connectivity index (χ1) is 8.51. The molecule has 7 heteroatoms. The minimum absolute atomic E-state index is 0.0396. The number of hydrogen-bond acceptors (Lipinski definition) is 5. The van der Waals surface area contributed by atoms with E-state index in [1.54, 1.807) is 0 Å². The summed E-state index contributed by atoms with van der Waals surface area (Å²) in [6.45, 7) is 2.90. The molecular formula is C11H21NO5S. The third-order valence-electron chi connectivity index (χ3n) is 3.31. The Hall–Kier alpha value is -0.210. The monoisotopic (exact) mass is 279 g/mol. The van der Waals surface area contributed by atoms with Crippen LogP contribution in [0, 0.1) is 0 Å². The summed E-state index contributed by atoms with van der Waals surface area (Å²) in [6.07, 6.45) is 0.950. The van der Waals surface area contributed by atoms with Gasteiger partial charge in [-0.15, -0.1) is 0 Å². The summed E-state index contributed by atoms with van der Waals surface area (Å²) in [4.78, 5) is 0. The van der Waals surface area contributed by atoms with Crippen molar-refractivity contribution in [3.05, 3.63) is 0 Å². The van der Waals surface area contributed by atoms with Gasteiger partial charge in [0.05, 0.1) is 30.7 Å². The third-order valence-corrected chi connectivity index (χ3v) is 5.19. The van der Waals surface area contributed by atoms with Crippen molar-refractivity contribution in [2.24, 2.45) is 0 Å². The second-order valence-corrected chi connectivity index (χ2v) is 7.00. The number of aliphatic hydroxyl groups excluding tert-OH is 1. The van der Waals surface area contributed by atoms with Crippen LogP contribution in [0.15, 0.2) is 0 Å². The number of aliphatic hydroxyl groups is 1. The van der Waals surface area contributed by atoms with Crippen LogP contribution in [0.1, 0.15) is 19.8 Å².